The van der Waals surface area contributed by atoms with Gasteiger partial charge in [-0.05, 0) is 19.3 Å². The van der Waals surface area contributed by atoms with Crippen molar-refractivity contribution in [2.24, 2.45) is 5.41 Å². The molecule has 16 heavy (non-hydrogen) atoms. The standard InChI is InChI=1S/C11H16BrF3O/c12-8-7-9(10(8)3-1-2-4-10)16-6-5-11(13,14)15/h8-9H,1-7H2. The van der Waals surface area contributed by atoms with Crippen molar-refractivity contribution in [2.75, 3.05) is 6.61 Å². The molecule has 2 rings (SSSR count). The number of halogens is 4. The minimum Gasteiger partial charge on any atom is -0.377 e. The average Bonchev–Trinajstić information content (AvgIpc) is 2.66. The number of alkyl halides is 4. The second-order valence-electron chi connectivity index (χ2n) is 4.87. The van der Waals surface area contributed by atoms with Crippen LogP contribution in [-0.2, 0) is 4.74 Å². The molecule has 2 aliphatic carbocycles. The SMILES string of the molecule is FC(F)(F)CCOC1CC(Br)C12CCCC2. The average molecular weight is 301 g/mol. The lowest BCUT2D eigenvalue weighted by Gasteiger charge is -2.51. The van der Waals surface area contributed by atoms with E-state index in [9.17, 15) is 13.2 Å². The molecule has 0 N–H and O–H groups in total. The minimum absolute atomic E-state index is 0.0433. The van der Waals surface area contributed by atoms with Crippen LogP contribution in [0.3, 0.4) is 0 Å². The molecular weight excluding hydrogens is 285 g/mol. The van der Waals surface area contributed by atoms with E-state index in [1.165, 1.54) is 12.8 Å². The van der Waals surface area contributed by atoms with E-state index in [1.54, 1.807) is 0 Å². The molecule has 0 bridgehead atoms. The summed E-state index contributed by atoms with van der Waals surface area (Å²) < 4.78 is 41.4. The Labute approximate surface area is 102 Å². The quantitative estimate of drug-likeness (QED) is 0.715. The third-order valence-electron chi connectivity index (χ3n) is 3.93. The molecule has 1 nitrogen and oxygen atoms in total. The fraction of sp³-hybridized carbons (Fsp3) is 1.00. The van der Waals surface area contributed by atoms with E-state index in [0.29, 0.717) is 4.83 Å². The zero-order valence-corrected chi connectivity index (χ0v) is 10.6. The monoisotopic (exact) mass is 300 g/mol. The van der Waals surface area contributed by atoms with Gasteiger partial charge in [-0.3, -0.25) is 0 Å². The third kappa shape index (κ3) is 2.40. The first-order chi connectivity index (χ1) is 7.44. The Balaban J connectivity index is 1.79. The van der Waals surface area contributed by atoms with Crippen molar-refractivity contribution in [1.29, 1.82) is 0 Å². The molecule has 2 fully saturated rings. The molecule has 1 spiro atoms. The van der Waals surface area contributed by atoms with Gasteiger partial charge in [0.05, 0.1) is 19.1 Å². The van der Waals surface area contributed by atoms with Crippen LogP contribution in [0.4, 0.5) is 13.2 Å². The molecule has 0 aliphatic heterocycles. The highest BCUT2D eigenvalue weighted by molar-refractivity contribution is 9.09. The number of ether oxygens (including phenoxy) is 1. The highest BCUT2D eigenvalue weighted by atomic mass is 79.9. The van der Waals surface area contributed by atoms with Crippen molar-refractivity contribution < 1.29 is 17.9 Å². The first kappa shape index (κ1) is 12.7. The van der Waals surface area contributed by atoms with E-state index < -0.39 is 12.6 Å². The van der Waals surface area contributed by atoms with Gasteiger partial charge in [0.2, 0.25) is 0 Å². The minimum atomic E-state index is -4.10. The molecule has 0 heterocycles. The van der Waals surface area contributed by atoms with Crippen molar-refractivity contribution >= 4 is 15.9 Å². The van der Waals surface area contributed by atoms with Crippen LogP contribution in [-0.4, -0.2) is 23.7 Å². The van der Waals surface area contributed by atoms with Crippen molar-refractivity contribution in [2.45, 2.75) is 55.6 Å². The summed E-state index contributed by atoms with van der Waals surface area (Å²) in [6.07, 6.45) is 0.536. The maximum Gasteiger partial charge on any atom is 0.391 e. The Morgan fingerprint density at radius 2 is 1.88 bits per heavy atom. The lowest BCUT2D eigenvalue weighted by Crippen LogP contribution is -2.54. The molecule has 0 aromatic rings. The van der Waals surface area contributed by atoms with Gasteiger partial charge in [0, 0.05) is 10.2 Å². The normalized spacial score (nSPS) is 33.0. The lowest BCUT2D eigenvalue weighted by atomic mass is 9.64. The van der Waals surface area contributed by atoms with E-state index in [4.69, 9.17) is 4.74 Å². The van der Waals surface area contributed by atoms with Gasteiger partial charge in [0.1, 0.15) is 0 Å². The first-order valence-electron chi connectivity index (χ1n) is 5.76. The summed E-state index contributed by atoms with van der Waals surface area (Å²) in [5, 5.41) is 0. The molecule has 0 aromatic heterocycles. The second-order valence-corrected chi connectivity index (χ2v) is 5.97. The Morgan fingerprint density at radius 1 is 1.25 bits per heavy atom. The number of hydrogen-bond donors (Lipinski definition) is 0. The summed E-state index contributed by atoms with van der Waals surface area (Å²) in [6.45, 7) is -0.185. The van der Waals surface area contributed by atoms with Gasteiger partial charge in [0.25, 0.3) is 0 Å². The summed E-state index contributed by atoms with van der Waals surface area (Å²) in [4.78, 5) is 0.443. The van der Waals surface area contributed by atoms with Gasteiger partial charge in [-0.25, -0.2) is 0 Å². The summed E-state index contributed by atoms with van der Waals surface area (Å²) in [5.74, 6) is 0. The van der Waals surface area contributed by atoms with E-state index in [1.807, 2.05) is 0 Å². The van der Waals surface area contributed by atoms with Crippen molar-refractivity contribution in [3.05, 3.63) is 0 Å². The van der Waals surface area contributed by atoms with Crippen molar-refractivity contribution in [1.82, 2.24) is 0 Å². The third-order valence-corrected chi connectivity index (χ3v) is 5.21. The fourth-order valence-corrected chi connectivity index (χ4v) is 4.01. The van der Waals surface area contributed by atoms with Crippen LogP contribution in [0, 0.1) is 5.41 Å². The van der Waals surface area contributed by atoms with Gasteiger partial charge in [-0.2, -0.15) is 13.2 Å². The molecule has 0 saturated heterocycles. The second kappa shape index (κ2) is 4.48. The lowest BCUT2D eigenvalue weighted by molar-refractivity contribution is -0.166. The van der Waals surface area contributed by atoms with Crippen LogP contribution in [0.15, 0.2) is 0 Å². The molecule has 94 valence electrons. The topological polar surface area (TPSA) is 9.23 Å². The van der Waals surface area contributed by atoms with Crippen molar-refractivity contribution in [3.63, 3.8) is 0 Å². The fourth-order valence-electron chi connectivity index (χ4n) is 2.92. The highest BCUT2D eigenvalue weighted by Gasteiger charge is 2.55. The Hall–Kier alpha value is 0.230. The van der Waals surface area contributed by atoms with Gasteiger partial charge in [0.15, 0.2) is 0 Å². The first-order valence-corrected chi connectivity index (χ1v) is 6.68. The van der Waals surface area contributed by atoms with Crippen LogP contribution in [0.2, 0.25) is 0 Å². The molecule has 2 atom stereocenters. The maximum atomic E-state index is 12.0. The maximum absolute atomic E-state index is 12.0. The van der Waals surface area contributed by atoms with Crippen LogP contribution in [0.1, 0.15) is 38.5 Å². The van der Waals surface area contributed by atoms with Crippen LogP contribution in [0.5, 0.6) is 0 Å². The number of hydrogen-bond acceptors (Lipinski definition) is 1. The Bertz CT molecular complexity index is 248. The molecule has 5 heteroatoms. The summed E-state index contributed by atoms with van der Waals surface area (Å²) in [5.41, 5.74) is 0.144. The van der Waals surface area contributed by atoms with E-state index in [-0.39, 0.29) is 18.1 Å². The van der Waals surface area contributed by atoms with Gasteiger partial charge < -0.3 is 4.74 Å². The van der Waals surface area contributed by atoms with Crippen LogP contribution < -0.4 is 0 Å². The van der Waals surface area contributed by atoms with Gasteiger partial charge in [-0.15, -0.1) is 0 Å². The van der Waals surface area contributed by atoms with E-state index in [2.05, 4.69) is 15.9 Å². The molecule has 0 amide bonds. The molecule has 0 aromatic carbocycles. The largest absolute Gasteiger partial charge is 0.391 e. The van der Waals surface area contributed by atoms with E-state index >= 15 is 0 Å². The summed E-state index contributed by atoms with van der Waals surface area (Å²) in [6, 6.07) is 0. The molecular formula is C11H16BrF3O. The summed E-state index contributed by atoms with van der Waals surface area (Å²) >= 11 is 3.61. The summed E-state index contributed by atoms with van der Waals surface area (Å²) in [7, 11) is 0. The zero-order chi connectivity index (χ0) is 11.8. The van der Waals surface area contributed by atoms with Gasteiger partial charge in [-0.1, -0.05) is 28.8 Å². The Morgan fingerprint density at radius 3 is 2.38 bits per heavy atom. The van der Waals surface area contributed by atoms with E-state index in [0.717, 1.165) is 19.3 Å². The predicted octanol–water partition coefficient (Wildman–Crippen LogP) is 4.05. The van der Waals surface area contributed by atoms with Crippen LogP contribution >= 0.6 is 15.9 Å². The zero-order valence-electron chi connectivity index (χ0n) is 9.02. The molecule has 2 aliphatic rings. The highest BCUT2D eigenvalue weighted by Crippen LogP contribution is 2.57. The molecule has 2 saturated carbocycles. The molecule has 0 radical (unpaired) electrons. The molecule has 2 unspecified atom stereocenters. The van der Waals surface area contributed by atoms with Crippen LogP contribution in [0.25, 0.3) is 0 Å². The van der Waals surface area contributed by atoms with Crippen molar-refractivity contribution in [3.8, 4) is 0 Å². The Kier molecular flexibility index (Phi) is 3.55. The smallest absolute Gasteiger partial charge is 0.377 e. The van der Waals surface area contributed by atoms with Gasteiger partial charge >= 0.3 is 6.18 Å². The number of rotatable bonds is 3. The predicted molar refractivity (Wildman–Crippen MR) is 58.6 cm³/mol.